The topological polar surface area (TPSA) is 43.4 Å². The van der Waals surface area contributed by atoms with Crippen LogP contribution in [0.5, 0.6) is 0 Å². The van der Waals surface area contributed by atoms with Crippen molar-refractivity contribution in [1.82, 2.24) is 10.3 Å². The molecule has 1 saturated heterocycles. The maximum Gasteiger partial charge on any atom is 0.113 e. The SMILES string of the molecule is CCc1nc(C2(NCCOC)CCOC(C)C2)sc1C. The van der Waals surface area contributed by atoms with Gasteiger partial charge in [0.15, 0.2) is 0 Å². The van der Waals surface area contributed by atoms with Gasteiger partial charge in [0, 0.05) is 25.1 Å². The van der Waals surface area contributed by atoms with Crippen LogP contribution >= 0.6 is 11.3 Å². The number of rotatable bonds is 6. The van der Waals surface area contributed by atoms with Crippen molar-refractivity contribution in [2.24, 2.45) is 0 Å². The Morgan fingerprint density at radius 3 is 2.95 bits per heavy atom. The van der Waals surface area contributed by atoms with Gasteiger partial charge in [0.2, 0.25) is 0 Å². The molecule has 0 spiro atoms. The summed E-state index contributed by atoms with van der Waals surface area (Å²) in [6.45, 7) is 8.86. The van der Waals surface area contributed by atoms with Crippen molar-refractivity contribution < 1.29 is 9.47 Å². The second-order valence-electron chi connectivity index (χ2n) is 5.51. The number of thiazole rings is 1. The lowest BCUT2D eigenvalue weighted by Gasteiger charge is -2.39. The molecule has 114 valence electrons. The van der Waals surface area contributed by atoms with Gasteiger partial charge < -0.3 is 14.8 Å². The third-order valence-electron chi connectivity index (χ3n) is 3.97. The number of methoxy groups -OCH3 is 1. The van der Waals surface area contributed by atoms with Crippen LogP contribution < -0.4 is 5.32 Å². The van der Waals surface area contributed by atoms with Crippen LogP contribution in [0.4, 0.5) is 0 Å². The van der Waals surface area contributed by atoms with E-state index in [1.165, 1.54) is 15.6 Å². The lowest BCUT2D eigenvalue weighted by molar-refractivity contribution is -0.0222. The Morgan fingerprint density at radius 2 is 2.35 bits per heavy atom. The number of aromatic nitrogens is 1. The quantitative estimate of drug-likeness (QED) is 0.820. The molecule has 0 amide bonds. The van der Waals surface area contributed by atoms with E-state index in [1.54, 1.807) is 7.11 Å². The van der Waals surface area contributed by atoms with Crippen LogP contribution in [0.25, 0.3) is 0 Å². The molecule has 20 heavy (non-hydrogen) atoms. The van der Waals surface area contributed by atoms with Gasteiger partial charge >= 0.3 is 0 Å². The molecular weight excluding hydrogens is 272 g/mol. The summed E-state index contributed by atoms with van der Waals surface area (Å²) >= 11 is 1.83. The molecule has 1 aliphatic heterocycles. The number of ether oxygens (including phenoxy) is 2. The molecule has 0 aliphatic carbocycles. The molecule has 2 heterocycles. The Bertz CT molecular complexity index is 436. The van der Waals surface area contributed by atoms with Gasteiger partial charge in [0.1, 0.15) is 5.01 Å². The van der Waals surface area contributed by atoms with Crippen LogP contribution in [0.2, 0.25) is 0 Å². The molecule has 2 rings (SSSR count). The largest absolute Gasteiger partial charge is 0.383 e. The van der Waals surface area contributed by atoms with E-state index < -0.39 is 0 Å². The average molecular weight is 298 g/mol. The molecular formula is C15H26N2O2S. The minimum absolute atomic E-state index is 0.0426. The van der Waals surface area contributed by atoms with Crippen molar-refractivity contribution in [3.05, 3.63) is 15.6 Å². The van der Waals surface area contributed by atoms with Crippen LogP contribution in [0.3, 0.4) is 0 Å². The van der Waals surface area contributed by atoms with Crippen LogP contribution in [0.15, 0.2) is 0 Å². The van der Waals surface area contributed by atoms with E-state index in [0.717, 1.165) is 39.0 Å². The fraction of sp³-hybridized carbons (Fsp3) is 0.800. The van der Waals surface area contributed by atoms with Gasteiger partial charge in [-0.05, 0) is 33.1 Å². The molecule has 1 fully saturated rings. The molecule has 1 aromatic heterocycles. The third-order valence-corrected chi connectivity index (χ3v) is 5.19. The lowest BCUT2D eigenvalue weighted by atomic mass is 9.87. The monoisotopic (exact) mass is 298 g/mol. The Kier molecular flexibility index (Phi) is 5.55. The van der Waals surface area contributed by atoms with Gasteiger partial charge in [0.05, 0.1) is 23.9 Å². The average Bonchev–Trinajstić information content (AvgIpc) is 2.81. The smallest absolute Gasteiger partial charge is 0.113 e. The van der Waals surface area contributed by atoms with Gasteiger partial charge in [-0.2, -0.15) is 0 Å². The van der Waals surface area contributed by atoms with Crippen molar-refractivity contribution in [2.75, 3.05) is 26.9 Å². The summed E-state index contributed by atoms with van der Waals surface area (Å²) in [5.74, 6) is 0. The molecule has 5 heteroatoms. The second-order valence-corrected chi connectivity index (χ2v) is 6.72. The summed E-state index contributed by atoms with van der Waals surface area (Å²) in [6.07, 6.45) is 3.24. The first-order chi connectivity index (χ1) is 9.61. The highest BCUT2D eigenvalue weighted by atomic mass is 32.1. The zero-order valence-electron chi connectivity index (χ0n) is 13.0. The number of aryl methyl sites for hydroxylation is 2. The first-order valence-electron chi connectivity index (χ1n) is 7.43. The molecule has 0 bridgehead atoms. The Morgan fingerprint density at radius 1 is 1.55 bits per heavy atom. The molecule has 2 atom stereocenters. The van der Waals surface area contributed by atoms with E-state index >= 15 is 0 Å². The van der Waals surface area contributed by atoms with E-state index in [0.29, 0.717) is 0 Å². The van der Waals surface area contributed by atoms with E-state index in [9.17, 15) is 0 Å². The molecule has 0 radical (unpaired) electrons. The highest BCUT2D eigenvalue weighted by Gasteiger charge is 2.39. The van der Waals surface area contributed by atoms with Crippen molar-refractivity contribution in [3.63, 3.8) is 0 Å². The highest BCUT2D eigenvalue weighted by Crippen LogP contribution is 2.37. The lowest BCUT2D eigenvalue weighted by Crippen LogP contribution is -2.49. The molecule has 1 aliphatic rings. The normalized spacial score (nSPS) is 26.9. The predicted octanol–water partition coefficient (Wildman–Crippen LogP) is 2.64. The Labute approximate surface area is 125 Å². The summed E-state index contributed by atoms with van der Waals surface area (Å²) in [5, 5.41) is 4.91. The molecule has 2 unspecified atom stereocenters. The fourth-order valence-electron chi connectivity index (χ4n) is 2.87. The Hall–Kier alpha value is -0.490. The van der Waals surface area contributed by atoms with Crippen molar-refractivity contribution in [2.45, 2.75) is 51.7 Å². The molecule has 0 saturated carbocycles. The van der Waals surface area contributed by atoms with Gasteiger partial charge in [0.25, 0.3) is 0 Å². The number of hydrogen-bond donors (Lipinski definition) is 1. The molecule has 1 N–H and O–H groups in total. The van der Waals surface area contributed by atoms with Crippen molar-refractivity contribution >= 4 is 11.3 Å². The van der Waals surface area contributed by atoms with E-state index in [-0.39, 0.29) is 11.6 Å². The van der Waals surface area contributed by atoms with Gasteiger partial charge in [-0.25, -0.2) is 4.98 Å². The van der Waals surface area contributed by atoms with Crippen LogP contribution in [0.1, 0.15) is 42.3 Å². The zero-order chi connectivity index (χ0) is 14.6. The van der Waals surface area contributed by atoms with Crippen molar-refractivity contribution in [3.8, 4) is 0 Å². The van der Waals surface area contributed by atoms with Crippen LogP contribution in [-0.2, 0) is 21.4 Å². The molecule has 1 aromatic rings. The molecule has 4 nitrogen and oxygen atoms in total. The van der Waals surface area contributed by atoms with E-state index in [1.807, 2.05) is 11.3 Å². The third kappa shape index (κ3) is 3.39. The Balaban J connectivity index is 2.24. The summed E-state index contributed by atoms with van der Waals surface area (Å²) in [7, 11) is 1.74. The first-order valence-corrected chi connectivity index (χ1v) is 8.25. The van der Waals surface area contributed by atoms with Gasteiger partial charge in [-0.3, -0.25) is 0 Å². The first kappa shape index (κ1) is 15.9. The summed E-state index contributed by atoms with van der Waals surface area (Å²) in [4.78, 5) is 6.24. The minimum atomic E-state index is -0.0426. The maximum atomic E-state index is 5.73. The zero-order valence-corrected chi connectivity index (χ0v) is 13.8. The van der Waals surface area contributed by atoms with Crippen molar-refractivity contribution in [1.29, 1.82) is 0 Å². The number of nitrogens with one attached hydrogen (secondary N) is 1. The summed E-state index contributed by atoms with van der Waals surface area (Å²) < 4.78 is 10.9. The highest BCUT2D eigenvalue weighted by molar-refractivity contribution is 7.11. The second kappa shape index (κ2) is 6.98. The van der Waals surface area contributed by atoms with E-state index in [2.05, 4.69) is 26.1 Å². The van der Waals surface area contributed by atoms with E-state index in [4.69, 9.17) is 14.5 Å². The minimum Gasteiger partial charge on any atom is -0.383 e. The number of nitrogens with zero attached hydrogens (tertiary/aromatic N) is 1. The molecule has 0 aromatic carbocycles. The predicted molar refractivity (Wildman–Crippen MR) is 82.4 cm³/mol. The fourth-order valence-corrected chi connectivity index (χ4v) is 4.08. The standard InChI is InChI=1S/C15H26N2O2S/c1-5-13-12(3)20-14(17-13)15(16-7-9-18-4)6-8-19-11(2)10-15/h11,16H,5-10H2,1-4H3. The van der Waals surface area contributed by atoms with Gasteiger partial charge in [-0.15, -0.1) is 11.3 Å². The van der Waals surface area contributed by atoms with Crippen LogP contribution in [-0.4, -0.2) is 38.0 Å². The van der Waals surface area contributed by atoms with Crippen LogP contribution in [0, 0.1) is 6.92 Å². The summed E-state index contributed by atoms with van der Waals surface area (Å²) in [6, 6.07) is 0. The summed E-state index contributed by atoms with van der Waals surface area (Å²) in [5.41, 5.74) is 1.19. The maximum absolute atomic E-state index is 5.73. The van der Waals surface area contributed by atoms with Gasteiger partial charge in [-0.1, -0.05) is 6.92 Å². The number of hydrogen-bond acceptors (Lipinski definition) is 5.